The first kappa shape index (κ1) is 23.0. The highest BCUT2D eigenvalue weighted by Crippen LogP contribution is 2.41. The lowest BCUT2D eigenvalue weighted by Gasteiger charge is -2.25. The summed E-state index contributed by atoms with van der Waals surface area (Å²) in [4.78, 5) is 41.2. The van der Waals surface area contributed by atoms with Crippen LogP contribution in [0.5, 0.6) is 5.75 Å². The van der Waals surface area contributed by atoms with Crippen LogP contribution in [0.4, 0.5) is 4.79 Å². The summed E-state index contributed by atoms with van der Waals surface area (Å²) >= 11 is 0. The SMILES string of the molecule is COc1ccc(C2CC(c3ccccc3)=NN2C(=O)CN2C(=O)NC3(CCc4ccccc43)C2=O)cc1. The molecule has 2 aliphatic heterocycles. The van der Waals surface area contributed by atoms with Gasteiger partial charge in [-0.1, -0.05) is 66.7 Å². The average Bonchev–Trinajstić information content (AvgIpc) is 3.61. The molecule has 37 heavy (non-hydrogen) atoms. The van der Waals surface area contributed by atoms with Gasteiger partial charge in [0.2, 0.25) is 0 Å². The van der Waals surface area contributed by atoms with Crippen molar-refractivity contribution in [1.82, 2.24) is 15.2 Å². The lowest BCUT2D eigenvalue weighted by atomic mass is 9.92. The van der Waals surface area contributed by atoms with Gasteiger partial charge in [-0.3, -0.25) is 14.5 Å². The molecule has 0 bridgehead atoms. The normalized spacial score (nSPS) is 22.3. The molecule has 0 aromatic heterocycles. The van der Waals surface area contributed by atoms with Crippen LogP contribution >= 0.6 is 0 Å². The number of rotatable bonds is 5. The van der Waals surface area contributed by atoms with E-state index in [2.05, 4.69) is 10.4 Å². The van der Waals surface area contributed by atoms with Gasteiger partial charge in [0, 0.05) is 6.42 Å². The van der Waals surface area contributed by atoms with E-state index in [1.165, 1.54) is 5.01 Å². The summed E-state index contributed by atoms with van der Waals surface area (Å²) in [5.41, 5.74) is 3.33. The van der Waals surface area contributed by atoms with E-state index in [0.29, 0.717) is 25.0 Å². The summed E-state index contributed by atoms with van der Waals surface area (Å²) in [6.45, 7) is -0.382. The Hall–Kier alpha value is -4.46. The highest BCUT2D eigenvalue weighted by Gasteiger charge is 2.55. The zero-order chi connectivity index (χ0) is 25.6. The number of urea groups is 1. The van der Waals surface area contributed by atoms with Gasteiger partial charge in [-0.2, -0.15) is 5.10 Å². The summed E-state index contributed by atoms with van der Waals surface area (Å²) in [5.74, 6) is -0.0906. The van der Waals surface area contributed by atoms with Gasteiger partial charge in [0.1, 0.15) is 17.8 Å². The third kappa shape index (κ3) is 3.76. The lowest BCUT2D eigenvalue weighted by Crippen LogP contribution is -2.44. The number of benzene rings is 3. The molecule has 6 rings (SSSR count). The van der Waals surface area contributed by atoms with E-state index < -0.39 is 17.5 Å². The number of hydrazone groups is 1. The van der Waals surface area contributed by atoms with Crippen LogP contribution in [0, 0.1) is 0 Å². The van der Waals surface area contributed by atoms with Gasteiger partial charge in [0.25, 0.3) is 11.8 Å². The summed E-state index contributed by atoms with van der Waals surface area (Å²) < 4.78 is 5.28. The van der Waals surface area contributed by atoms with Crippen molar-refractivity contribution in [3.8, 4) is 5.75 Å². The molecule has 2 atom stereocenters. The molecule has 1 aliphatic carbocycles. The van der Waals surface area contributed by atoms with Crippen LogP contribution in [0.25, 0.3) is 0 Å². The Morgan fingerprint density at radius 3 is 2.51 bits per heavy atom. The molecule has 4 amide bonds. The van der Waals surface area contributed by atoms with Crippen molar-refractivity contribution in [3.63, 3.8) is 0 Å². The zero-order valence-electron chi connectivity index (χ0n) is 20.4. The van der Waals surface area contributed by atoms with Crippen LogP contribution in [0.2, 0.25) is 0 Å². The van der Waals surface area contributed by atoms with Crippen LogP contribution in [0.1, 0.15) is 41.1 Å². The van der Waals surface area contributed by atoms with Crippen LogP contribution in [-0.4, -0.2) is 47.1 Å². The van der Waals surface area contributed by atoms with Gasteiger partial charge in [-0.15, -0.1) is 0 Å². The Bertz CT molecular complexity index is 1420. The molecule has 1 saturated heterocycles. The topological polar surface area (TPSA) is 91.3 Å². The van der Waals surface area contributed by atoms with Gasteiger partial charge in [-0.05, 0) is 47.2 Å². The van der Waals surface area contributed by atoms with Crippen LogP contribution in [-0.2, 0) is 21.5 Å². The third-order valence-corrected chi connectivity index (χ3v) is 7.49. The number of imide groups is 1. The average molecular weight is 495 g/mol. The van der Waals surface area contributed by atoms with E-state index in [1.54, 1.807) is 7.11 Å². The fourth-order valence-corrected chi connectivity index (χ4v) is 5.57. The maximum Gasteiger partial charge on any atom is 0.325 e. The predicted molar refractivity (Wildman–Crippen MR) is 137 cm³/mol. The summed E-state index contributed by atoms with van der Waals surface area (Å²) in [6.07, 6.45) is 1.69. The molecule has 1 spiro atoms. The maximum atomic E-state index is 13.6. The number of amides is 4. The number of nitrogens with zero attached hydrogens (tertiary/aromatic N) is 3. The molecule has 186 valence electrons. The van der Waals surface area contributed by atoms with Crippen molar-refractivity contribution in [1.29, 1.82) is 0 Å². The Balaban J connectivity index is 1.29. The molecule has 8 nitrogen and oxygen atoms in total. The molecule has 0 saturated carbocycles. The first-order valence-corrected chi connectivity index (χ1v) is 12.3. The number of hydrogen-bond acceptors (Lipinski definition) is 5. The number of carbonyl (C=O) groups excluding carboxylic acids is 3. The first-order chi connectivity index (χ1) is 18.0. The van der Waals surface area contributed by atoms with Crippen molar-refractivity contribution in [2.75, 3.05) is 13.7 Å². The predicted octanol–water partition coefficient (Wildman–Crippen LogP) is 3.77. The molecule has 0 radical (unpaired) electrons. The standard InChI is InChI=1S/C29H26N4O4/c1-37-22-13-11-21(12-14-22)25-17-24(20-8-3-2-4-9-20)31-33(25)26(34)18-32-27(35)29(30-28(32)36)16-15-19-7-5-6-10-23(19)29/h2-14,25H,15-18H2,1H3,(H,30,36). The van der Waals surface area contributed by atoms with Gasteiger partial charge >= 0.3 is 6.03 Å². The van der Waals surface area contributed by atoms with Gasteiger partial charge < -0.3 is 10.1 Å². The number of hydrogen-bond donors (Lipinski definition) is 1. The van der Waals surface area contributed by atoms with E-state index in [0.717, 1.165) is 32.9 Å². The van der Waals surface area contributed by atoms with Crippen molar-refractivity contribution in [2.24, 2.45) is 5.10 Å². The highest BCUT2D eigenvalue weighted by atomic mass is 16.5. The molecule has 2 heterocycles. The van der Waals surface area contributed by atoms with E-state index >= 15 is 0 Å². The van der Waals surface area contributed by atoms with Gasteiger partial charge in [0.15, 0.2) is 0 Å². The fourth-order valence-electron chi connectivity index (χ4n) is 5.57. The molecule has 3 aliphatic rings. The number of nitrogens with one attached hydrogen (secondary N) is 1. The number of methoxy groups -OCH3 is 1. The molecule has 1 fully saturated rings. The van der Waals surface area contributed by atoms with Crippen molar-refractivity contribution >= 4 is 23.6 Å². The minimum atomic E-state index is -1.10. The van der Waals surface area contributed by atoms with Gasteiger partial charge in [0.05, 0.1) is 18.9 Å². The van der Waals surface area contributed by atoms with E-state index in [-0.39, 0.29) is 18.5 Å². The Morgan fingerprint density at radius 2 is 1.76 bits per heavy atom. The maximum absolute atomic E-state index is 13.6. The van der Waals surface area contributed by atoms with Crippen LogP contribution in [0.3, 0.4) is 0 Å². The second-order valence-corrected chi connectivity index (χ2v) is 9.53. The largest absolute Gasteiger partial charge is 0.497 e. The minimum Gasteiger partial charge on any atom is -0.497 e. The van der Waals surface area contributed by atoms with E-state index in [1.807, 2.05) is 78.9 Å². The lowest BCUT2D eigenvalue weighted by molar-refractivity contribution is -0.140. The third-order valence-electron chi connectivity index (χ3n) is 7.49. The summed E-state index contributed by atoms with van der Waals surface area (Å²) in [7, 11) is 1.60. The van der Waals surface area contributed by atoms with Crippen LogP contribution in [0.15, 0.2) is 84.0 Å². The Labute approximate surface area is 214 Å². The monoisotopic (exact) mass is 494 g/mol. The summed E-state index contributed by atoms with van der Waals surface area (Å²) in [6, 6.07) is 23.9. The van der Waals surface area contributed by atoms with E-state index in [4.69, 9.17) is 4.74 Å². The summed E-state index contributed by atoms with van der Waals surface area (Å²) in [5, 5.41) is 8.98. The Morgan fingerprint density at radius 1 is 1.03 bits per heavy atom. The molecule has 8 heteroatoms. The number of fused-ring (bicyclic) bond motifs is 2. The number of ether oxygens (including phenoxy) is 1. The van der Waals surface area contributed by atoms with Crippen molar-refractivity contribution in [3.05, 3.63) is 101 Å². The molecule has 2 unspecified atom stereocenters. The zero-order valence-corrected chi connectivity index (χ0v) is 20.4. The van der Waals surface area contributed by atoms with Crippen molar-refractivity contribution in [2.45, 2.75) is 30.8 Å². The second-order valence-electron chi connectivity index (χ2n) is 9.53. The minimum absolute atomic E-state index is 0.365. The smallest absolute Gasteiger partial charge is 0.325 e. The fraction of sp³-hybridized carbons (Fsp3) is 0.241. The number of aryl methyl sites for hydroxylation is 1. The first-order valence-electron chi connectivity index (χ1n) is 12.3. The highest BCUT2D eigenvalue weighted by molar-refractivity contribution is 6.10. The van der Waals surface area contributed by atoms with E-state index in [9.17, 15) is 14.4 Å². The molecule has 3 aromatic rings. The van der Waals surface area contributed by atoms with Gasteiger partial charge in [-0.25, -0.2) is 9.80 Å². The molecular formula is C29H26N4O4. The molecular weight excluding hydrogens is 468 g/mol. The van der Waals surface area contributed by atoms with Crippen LogP contribution < -0.4 is 10.1 Å². The quantitative estimate of drug-likeness (QED) is 0.547. The molecule has 3 aromatic carbocycles. The molecule has 1 N–H and O–H groups in total. The second kappa shape index (κ2) is 8.89. The Kier molecular flexibility index (Phi) is 5.52. The number of carbonyl (C=O) groups is 3. The van der Waals surface area contributed by atoms with Crippen molar-refractivity contribution < 1.29 is 19.1 Å².